The van der Waals surface area contributed by atoms with Gasteiger partial charge in [0, 0.05) is 32.9 Å². The molecule has 25 heavy (non-hydrogen) atoms. The number of nitrogens with zero attached hydrogens (tertiary/aromatic N) is 4. The summed E-state index contributed by atoms with van der Waals surface area (Å²) in [5.74, 6) is 1.08. The number of benzene rings is 1. The van der Waals surface area contributed by atoms with Gasteiger partial charge in [-0.15, -0.1) is 0 Å². The lowest BCUT2D eigenvalue weighted by Crippen LogP contribution is -2.30. The average molecular weight is 364 g/mol. The number of rotatable bonds is 7. The highest BCUT2D eigenvalue weighted by Crippen LogP contribution is 2.27. The van der Waals surface area contributed by atoms with Gasteiger partial charge in [0.2, 0.25) is 10.0 Å². The van der Waals surface area contributed by atoms with Crippen LogP contribution in [0, 0.1) is 0 Å². The lowest BCUT2D eigenvalue weighted by Gasteiger charge is -2.19. The van der Waals surface area contributed by atoms with Gasteiger partial charge in [-0.2, -0.15) is 4.31 Å². The lowest BCUT2D eigenvalue weighted by molar-refractivity contribution is 0.445. The Morgan fingerprint density at radius 1 is 1.08 bits per heavy atom. The molecule has 0 unspecified atom stereocenters. The minimum atomic E-state index is -3.47. The lowest BCUT2D eigenvalue weighted by atomic mass is 10.3. The molecule has 2 aromatic rings. The average Bonchev–Trinajstić information content (AvgIpc) is 2.58. The Hall–Kier alpha value is -2.39. The molecule has 8 nitrogen and oxygen atoms in total. The summed E-state index contributed by atoms with van der Waals surface area (Å²) in [5.41, 5.74) is 7.19. The highest BCUT2D eigenvalue weighted by Gasteiger charge is 2.21. The van der Waals surface area contributed by atoms with Crippen LogP contribution >= 0.6 is 0 Å². The number of aromatic nitrogens is 2. The number of nitrogen functional groups attached to an aromatic ring is 1. The van der Waals surface area contributed by atoms with Crippen molar-refractivity contribution in [1.29, 1.82) is 0 Å². The maximum absolute atomic E-state index is 12.5. The van der Waals surface area contributed by atoms with E-state index in [-0.39, 0.29) is 4.90 Å². The first-order valence-electron chi connectivity index (χ1n) is 7.96. The number of anilines is 4. The summed E-state index contributed by atoms with van der Waals surface area (Å²) < 4.78 is 26.4. The Kier molecular flexibility index (Phi) is 5.81. The molecule has 1 aromatic carbocycles. The van der Waals surface area contributed by atoms with Crippen molar-refractivity contribution < 1.29 is 8.42 Å². The van der Waals surface area contributed by atoms with Gasteiger partial charge in [-0.05, 0) is 24.3 Å². The second-order valence-corrected chi connectivity index (χ2v) is 7.53. The van der Waals surface area contributed by atoms with Crippen molar-refractivity contribution in [2.24, 2.45) is 0 Å². The Morgan fingerprint density at radius 3 is 2.20 bits per heavy atom. The van der Waals surface area contributed by atoms with E-state index >= 15 is 0 Å². The van der Waals surface area contributed by atoms with E-state index in [0.717, 1.165) is 0 Å². The summed E-state index contributed by atoms with van der Waals surface area (Å²) in [6.07, 6.45) is 1.42. The van der Waals surface area contributed by atoms with E-state index in [4.69, 9.17) is 5.73 Å². The van der Waals surface area contributed by atoms with E-state index in [2.05, 4.69) is 15.3 Å². The third-order valence-corrected chi connectivity index (χ3v) is 5.81. The number of nitrogens with one attached hydrogen (secondary N) is 1. The third-order valence-electron chi connectivity index (χ3n) is 3.75. The van der Waals surface area contributed by atoms with Crippen LogP contribution in [0.1, 0.15) is 13.8 Å². The molecule has 0 atom stereocenters. The molecule has 0 fully saturated rings. The second kappa shape index (κ2) is 7.66. The molecule has 0 bridgehead atoms. The van der Waals surface area contributed by atoms with Crippen LogP contribution in [-0.2, 0) is 10.0 Å². The SMILES string of the molecule is CCN(CC)S(=O)(=O)c1ccc(Nc2ncnc(N(C)C)c2N)cc1. The van der Waals surface area contributed by atoms with Gasteiger partial charge in [0.15, 0.2) is 11.6 Å². The first-order valence-corrected chi connectivity index (χ1v) is 9.40. The van der Waals surface area contributed by atoms with Crippen molar-refractivity contribution in [3.63, 3.8) is 0 Å². The Balaban J connectivity index is 2.26. The molecule has 9 heteroatoms. The predicted molar refractivity (Wildman–Crippen MR) is 101 cm³/mol. The zero-order valence-corrected chi connectivity index (χ0v) is 15.7. The number of hydrogen-bond acceptors (Lipinski definition) is 7. The fourth-order valence-electron chi connectivity index (χ4n) is 2.40. The molecule has 0 spiro atoms. The molecule has 0 aliphatic rings. The zero-order valence-electron chi connectivity index (χ0n) is 14.9. The molecule has 2 rings (SSSR count). The fraction of sp³-hybridized carbons (Fsp3) is 0.375. The summed E-state index contributed by atoms with van der Waals surface area (Å²) in [6.45, 7) is 4.50. The maximum atomic E-state index is 12.5. The van der Waals surface area contributed by atoms with Crippen molar-refractivity contribution in [1.82, 2.24) is 14.3 Å². The predicted octanol–water partition coefficient (Wildman–Crippen LogP) is 1.90. The molecular formula is C16H24N6O2S. The molecular weight excluding hydrogens is 340 g/mol. The first kappa shape index (κ1) is 18.9. The van der Waals surface area contributed by atoms with Crippen molar-refractivity contribution in [2.75, 3.05) is 43.1 Å². The standard InChI is InChI=1S/C16H24N6O2S/c1-5-22(6-2)25(23,24)13-9-7-12(8-10-13)20-15-14(17)16(21(3)4)19-11-18-15/h7-11H,5-6,17H2,1-4H3,(H,18,19,20). The first-order chi connectivity index (χ1) is 11.8. The minimum absolute atomic E-state index is 0.256. The van der Waals surface area contributed by atoms with E-state index in [1.165, 1.54) is 10.6 Å². The van der Waals surface area contributed by atoms with Gasteiger partial charge in [0.25, 0.3) is 0 Å². The van der Waals surface area contributed by atoms with Crippen LogP contribution in [0.5, 0.6) is 0 Å². The van der Waals surface area contributed by atoms with Crippen molar-refractivity contribution >= 4 is 33.0 Å². The maximum Gasteiger partial charge on any atom is 0.243 e. The van der Waals surface area contributed by atoms with Gasteiger partial charge in [0.05, 0.1) is 4.90 Å². The molecule has 0 amide bonds. The van der Waals surface area contributed by atoms with Crippen molar-refractivity contribution in [3.05, 3.63) is 30.6 Å². The topological polar surface area (TPSA) is 104 Å². The molecule has 0 saturated carbocycles. The van der Waals surface area contributed by atoms with Crippen LogP contribution in [0.4, 0.5) is 23.0 Å². The minimum Gasteiger partial charge on any atom is -0.393 e. The van der Waals surface area contributed by atoms with Gasteiger partial charge in [-0.1, -0.05) is 13.8 Å². The highest BCUT2D eigenvalue weighted by atomic mass is 32.2. The molecule has 1 aromatic heterocycles. The molecule has 0 aliphatic carbocycles. The quantitative estimate of drug-likeness (QED) is 0.773. The van der Waals surface area contributed by atoms with Crippen LogP contribution in [0.2, 0.25) is 0 Å². The summed E-state index contributed by atoms with van der Waals surface area (Å²) in [5, 5.41) is 3.09. The zero-order chi connectivity index (χ0) is 18.6. The van der Waals surface area contributed by atoms with Gasteiger partial charge >= 0.3 is 0 Å². The molecule has 0 aliphatic heterocycles. The van der Waals surface area contributed by atoms with Gasteiger partial charge in [-0.25, -0.2) is 18.4 Å². The Morgan fingerprint density at radius 2 is 1.68 bits per heavy atom. The van der Waals surface area contributed by atoms with Crippen LogP contribution in [0.3, 0.4) is 0 Å². The van der Waals surface area contributed by atoms with E-state index in [9.17, 15) is 8.42 Å². The second-order valence-electron chi connectivity index (χ2n) is 5.59. The van der Waals surface area contributed by atoms with Gasteiger partial charge in [-0.3, -0.25) is 0 Å². The van der Waals surface area contributed by atoms with Crippen molar-refractivity contribution in [2.45, 2.75) is 18.7 Å². The number of nitrogens with two attached hydrogens (primary N) is 1. The molecule has 0 radical (unpaired) electrons. The highest BCUT2D eigenvalue weighted by molar-refractivity contribution is 7.89. The Labute approximate surface area is 148 Å². The van der Waals surface area contributed by atoms with Crippen LogP contribution in [0.25, 0.3) is 0 Å². The Bertz CT molecular complexity index is 817. The summed E-state index contributed by atoms with van der Waals surface area (Å²) in [6, 6.07) is 6.51. The summed E-state index contributed by atoms with van der Waals surface area (Å²) in [7, 11) is 0.217. The van der Waals surface area contributed by atoms with E-state index in [1.54, 1.807) is 29.2 Å². The summed E-state index contributed by atoms with van der Waals surface area (Å²) >= 11 is 0. The monoisotopic (exact) mass is 364 g/mol. The van der Waals surface area contributed by atoms with Crippen LogP contribution in [0.15, 0.2) is 35.5 Å². The van der Waals surface area contributed by atoms with Crippen LogP contribution < -0.4 is 16.0 Å². The number of hydrogen-bond donors (Lipinski definition) is 2. The normalized spacial score (nSPS) is 11.6. The fourth-order valence-corrected chi connectivity index (χ4v) is 3.86. The van der Waals surface area contributed by atoms with Crippen LogP contribution in [-0.4, -0.2) is 49.9 Å². The molecule has 0 saturated heterocycles. The van der Waals surface area contributed by atoms with Gasteiger partial charge < -0.3 is 16.0 Å². The molecule has 1 heterocycles. The van der Waals surface area contributed by atoms with E-state index < -0.39 is 10.0 Å². The van der Waals surface area contributed by atoms with E-state index in [1.807, 2.05) is 27.9 Å². The largest absolute Gasteiger partial charge is 0.393 e. The summed E-state index contributed by atoms with van der Waals surface area (Å²) in [4.78, 5) is 10.3. The van der Waals surface area contributed by atoms with Crippen molar-refractivity contribution in [3.8, 4) is 0 Å². The smallest absolute Gasteiger partial charge is 0.243 e. The molecule has 3 N–H and O–H groups in total. The molecule has 136 valence electrons. The number of sulfonamides is 1. The van der Waals surface area contributed by atoms with Gasteiger partial charge in [0.1, 0.15) is 12.0 Å². The third kappa shape index (κ3) is 3.99. The van der Waals surface area contributed by atoms with E-state index in [0.29, 0.717) is 36.1 Å².